The maximum absolute atomic E-state index is 13.3. The highest BCUT2D eigenvalue weighted by molar-refractivity contribution is 7.92. The summed E-state index contributed by atoms with van der Waals surface area (Å²) in [5, 5.41) is 3.21. The van der Waals surface area contributed by atoms with Crippen LogP contribution in [-0.2, 0) is 21.4 Å². The van der Waals surface area contributed by atoms with Crippen LogP contribution in [0, 0.1) is 6.92 Å². The lowest BCUT2D eigenvalue weighted by Gasteiger charge is -2.25. The number of rotatable bonds is 7. The minimum absolute atomic E-state index is 0.104. The van der Waals surface area contributed by atoms with E-state index in [2.05, 4.69) is 10.3 Å². The van der Waals surface area contributed by atoms with E-state index in [4.69, 9.17) is 11.6 Å². The highest BCUT2D eigenvalue weighted by atomic mass is 35.5. The van der Waals surface area contributed by atoms with Crippen LogP contribution in [-0.4, -0.2) is 25.9 Å². The average Bonchev–Trinajstić information content (AvgIpc) is 2.72. The summed E-state index contributed by atoms with van der Waals surface area (Å²) in [5.74, 6) is -0.440. The molecular formula is C21H20ClN3O3S. The van der Waals surface area contributed by atoms with Crippen LogP contribution in [0.2, 0.25) is 5.02 Å². The first-order chi connectivity index (χ1) is 13.9. The number of benzene rings is 2. The summed E-state index contributed by atoms with van der Waals surface area (Å²) in [7, 11) is -3.95. The molecule has 0 fully saturated rings. The Morgan fingerprint density at radius 1 is 1.07 bits per heavy atom. The third-order valence-electron chi connectivity index (χ3n) is 4.24. The van der Waals surface area contributed by atoms with Gasteiger partial charge in [-0.1, -0.05) is 35.9 Å². The molecule has 3 rings (SSSR count). The molecule has 1 aromatic heterocycles. The van der Waals surface area contributed by atoms with Gasteiger partial charge >= 0.3 is 0 Å². The molecule has 0 spiro atoms. The lowest BCUT2D eigenvalue weighted by atomic mass is 10.2. The Hall–Kier alpha value is -2.90. The monoisotopic (exact) mass is 429 g/mol. The fourth-order valence-corrected chi connectivity index (χ4v) is 4.53. The molecule has 0 saturated heterocycles. The topological polar surface area (TPSA) is 79.4 Å². The Morgan fingerprint density at radius 2 is 1.79 bits per heavy atom. The van der Waals surface area contributed by atoms with Gasteiger partial charge in [0, 0.05) is 11.2 Å². The minimum Gasteiger partial charge on any atom is -0.349 e. The van der Waals surface area contributed by atoms with Crippen molar-refractivity contribution in [3.8, 4) is 0 Å². The zero-order valence-corrected chi connectivity index (χ0v) is 17.3. The number of carbonyl (C=O) groups is 1. The molecule has 1 heterocycles. The molecule has 8 heteroatoms. The second kappa shape index (κ2) is 9.07. The number of pyridine rings is 1. The van der Waals surface area contributed by atoms with E-state index in [1.807, 2.05) is 6.07 Å². The Balaban J connectivity index is 1.90. The van der Waals surface area contributed by atoms with E-state index in [0.29, 0.717) is 22.0 Å². The summed E-state index contributed by atoms with van der Waals surface area (Å²) in [5.41, 5.74) is 1.72. The lowest BCUT2D eigenvalue weighted by Crippen LogP contribution is -2.41. The number of aryl methyl sites for hydroxylation is 1. The smallest absolute Gasteiger partial charge is 0.264 e. The van der Waals surface area contributed by atoms with Crippen LogP contribution in [0.1, 0.15) is 11.3 Å². The van der Waals surface area contributed by atoms with Gasteiger partial charge in [0.05, 0.1) is 22.8 Å². The van der Waals surface area contributed by atoms with E-state index in [1.54, 1.807) is 61.7 Å². The lowest BCUT2D eigenvalue weighted by molar-refractivity contribution is -0.119. The molecule has 29 heavy (non-hydrogen) atoms. The van der Waals surface area contributed by atoms with Crippen molar-refractivity contribution in [1.29, 1.82) is 0 Å². The van der Waals surface area contributed by atoms with E-state index in [-0.39, 0.29) is 18.0 Å². The summed E-state index contributed by atoms with van der Waals surface area (Å²) in [6.07, 6.45) is 1.63. The molecule has 3 aromatic rings. The van der Waals surface area contributed by atoms with Gasteiger partial charge < -0.3 is 5.32 Å². The Kier molecular flexibility index (Phi) is 6.51. The predicted octanol–water partition coefficient (Wildman–Crippen LogP) is 3.56. The molecule has 0 aliphatic heterocycles. The van der Waals surface area contributed by atoms with Gasteiger partial charge in [-0.3, -0.25) is 14.1 Å². The van der Waals surface area contributed by atoms with Gasteiger partial charge in [-0.15, -0.1) is 0 Å². The van der Waals surface area contributed by atoms with Crippen molar-refractivity contribution in [2.75, 3.05) is 10.8 Å². The molecule has 0 unspecified atom stereocenters. The number of anilines is 1. The normalized spacial score (nSPS) is 11.1. The van der Waals surface area contributed by atoms with Crippen LogP contribution in [0.3, 0.4) is 0 Å². The van der Waals surface area contributed by atoms with Crippen LogP contribution < -0.4 is 9.62 Å². The largest absolute Gasteiger partial charge is 0.349 e. The van der Waals surface area contributed by atoms with Crippen molar-refractivity contribution in [2.45, 2.75) is 18.4 Å². The van der Waals surface area contributed by atoms with Gasteiger partial charge in [0.25, 0.3) is 10.0 Å². The standard InChI is InChI=1S/C21H20ClN3O3S/c1-16-13-17(22)10-11-20(16)25(29(27,28)19-8-3-2-4-9-19)15-21(26)24-14-18-7-5-6-12-23-18/h2-13H,14-15H2,1H3,(H,24,26). The molecule has 0 radical (unpaired) electrons. The first-order valence-electron chi connectivity index (χ1n) is 8.88. The quantitative estimate of drug-likeness (QED) is 0.622. The van der Waals surface area contributed by atoms with Gasteiger partial charge in [-0.2, -0.15) is 0 Å². The van der Waals surface area contributed by atoms with Gasteiger partial charge in [0.2, 0.25) is 5.91 Å². The maximum Gasteiger partial charge on any atom is 0.264 e. The summed E-state index contributed by atoms with van der Waals surface area (Å²) in [6.45, 7) is 1.59. The van der Waals surface area contributed by atoms with Crippen molar-refractivity contribution in [1.82, 2.24) is 10.3 Å². The number of amides is 1. The number of hydrogen-bond acceptors (Lipinski definition) is 4. The summed E-state index contributed by atoms with van der Waals surface area (Å²) < 4.78 is 27.7. The molecule has 2 aromatic carbocycles. The third kappa shape index (κ3) is 5.13. The fraction of sp³-hybridized carbons (Fsp3) is 0.143. The zero-order valence-electron chi connectivity index (χ0n) is 15.7. The first-order valence-corrected chi connectivity index (χ1v) is 10.7. The van der Waals surface area contributed by atoms with E-state index in [9.17, 15) is 13.2 Å². The number of nitrogens with zero attached hydrogens (tertiary/aromatic N) is 2. The molecule has 1 N–H and O–H groups in total. The van der Waals surface area contributed by atoms with Crippen LogP contribution in [0.25, 0.3) is 0 Å². The Morgan fingerprint density at radius 3 is 2.45 bits per heavy atom. The molecule has 0 aliphatic rings. The van der Waals surface area contributed by atoms with Crippen LogP contribution in [0.5, 0.6) is 0 Å². The number of carbonyl (C=O) groups excluding carboxylic acids is 1. The van der Waals surface area contributed by atoms with Crippen LogP contribution in [0.15, 0.2) is 77.8 Å². The molecule has 0 aliphatic carbocycles. The number of nitrogens with one attached hydrogen (secondary N) is 1. The van der Waals surface area contributed by atoms with Gasteiger partial charge in [-0.05, 0) is 55.0 Å². The minimum atomic E-state index is -3.95. The summed E-state index contributed by atoms with van der Waals surface area (Å²) in [4.78, 5) is 16.8. The van der Waals surface area contributed by atoms with Gasteiger partial charge in [0.15, 0.2) is 0 Å². The number of sulfonamides is 1. The van der Waals surface area contributed by atoms with Crippen molar-refractivity contribution >= 4 is 33.2 Å². The molecule has 0 saturated carbocycles. The first kappa shape index (κ1) is 20.8. The summed E-state index contributed by atoms with van der Waals surface area (Å²) in [6, 6.07) is 18.3. The molecule has 0 atom stereocenters. The SMILES string of the molecule is Cc1cc(Cl)ccc1N(CC(=O)NCc1ccccn1)S(=O)(=O)c1ccccc1. The molecule has 150 valence electrons. The second-order valence-electron chi connectivity index (χ2n) is 6.35. The number of hydrogen-bond donors (Lipinski definition) is 1. The highest BCUT2D eigenvalue weighted by Gasteiger charge is 2.28. The summed E-state index contributed by atoms with van der Waals surface area (Å²) >= 11 is 6.02. The van der Waals surface area contributed by atoms with Crippen LogP contribution >= 0.6 is 11.6 Å². The zero-order chi connectivity index (χ0) is 20.9. The Labute approximate surface area is 175 Å². The molecule has 6 nitrogen and oxygen atoms in total. The van der Waals surface area contributed by atoms with Crippen molar-refractivity contribution in [3.05, 3.63) is 89.2 Å². The van der Waals surface area contributed by atoms with Crippen molar-refractivity contribution < 1.29 is 13.2 Å². The fourth-order valence-electron chi connectivity index (χ4n) is 2.80. The average molecular weight is 430 g/mol. The molecular weight excluding hydrogens is 410 g/mol. The van der Waals surface area contributed by atoms with Gasteiger partial charge in [0.1, 0.15) is 6.54 Å². The van der Waals surface area contributed by atoms with Crippen molar-refractivity contribution in [2.24, 2.45) is 0 Å². The van der Waals surface area contributed by atoms with Gasteiger partial charge in [-0.25, -0.2) is 8.42 Å². The second-order valence-corrected chi connectivity index (χ2v) is 8.65. The molecule has 0 bridgehead atoms. The van der Waals surface area contributed by atoms with Crippen molar-refractivity contribution in [3.63, 3.8) is 0 Å². The number of aromatic nitrogens is 1. The molecule has 1 amide bonds. The highest BCUT2D eigenvalue weighted by Crippen LogP contribution is 2.28. The van der Waals surface area contributed by atoms with Crippen LogP contribution in [0.4, 0.5) is 5.69 Å². The maximum atomic E-state index is 13.3. The predicted molar refractivity (Wildman–Crippen MR) is 113 cm³/mol. The number of halogens is 1. The van der Waals surface area contributed by atoms with E-state index in [0.717, 1.165) is 4.31 Å². The Bertz CT molecular complexity index is 1090. The van der Waals surface area contributed by atoms with E-state index >= 15 is 0 Å². The third-order valence-corrected chi connectivity index (χ3v) is 6.25. The van der Waals surface area contributed by atoms with E-state index in [1.165, 1.54) is 12.1 Å². The van der Waals surface area contributed by atoms with E-state index < -0.39 is 15.9 Å².